The molecule has 110 valence electrons. The largest absolute Gasteiger partial charge is 0.495 e. The van der Waals surface area contributed by atoms with Crippen LogP contribution in [-0.2, 0) is 10.3 Å². The highest BCUT2D eigenvalue weighted by atomic mass is 16.5. The van der Waals surface area contributed by atoms with Crippen molar-refractivity contribution >= 4 is 11.6 Å². The van der Waals surface area contributed by atoms with Gasteiger partial charge in [0.25, 0.3) is 0 Å². The Labute approximate surface area is 129 Å². The zero-order chi connectivity index (χ0) is 15.6. The highest BCUT2D eigenvalue weighted by molar-refractivity contribution is 5.99. The summed E-state index contributed by atoms with van der Waals surface area (Å²) in [5, 5.41) is 9.90. The molecule has 1 atom stereocenters. The third-order valence-electron chi connectivity index (χ3n) is 4.09. The van der Waals surface area contributed by atoms with Gasteiger partial charge in [0, 0.05) is 6.42 Å². The van der Waals surface area contributed by atoms with Gasteiger partial charge in [-0.25, -0.2) is 0 Å². The maximum absolute atomic E-state index is 12.5. The van der Waals surface area contributed by atoms with Gasteiger partial charge in [0.1, 0.15) is 5.75 Å². The number of methoxy groups -OCH3 is 1. The Kier molecular flexibility index (Phi) is 3.56. The molecule has 1 saturated heterocycles. The summed E-state index contributed by atoms with van der Waals surface area (Å²) in [4.78, 5) is 14.1. The Hall–Kier alpha value is -2.80. The van der Waals surface area contributed by atoms with Crippen molar-refractivity contribution < 1.29 is 9.53 Å². The fourth-order valence-electron chi connectivity index (χ4n) is 3.04. The molecule has 3 rings (SSSR count). The highest BCUT2D eigenvalue weighted by Gasteiger charge is 2.48. The van der Waals surface area contributed by atoms with Crippen molar-refractivity contribution in [2.45, 2.75) is 18.4 Å². The maximum atomic E-state index is 12.5. The van der Waals surface area contributed by atoms with Crippen LogP contribution in [0.3, 0.4) is 0 Å². The van der Waals surface area contributed by atoms with Crippen molar-refractivity contribution in [2.75, 3.05) is 12.0 Å². The van der Waals surface area contributed by atoms with Crippen LogP contribution in [0, 0.1) is 11.3 Å². The Bertz CT molecular complexity index is 736. The van der Waals surface area contributed by atoms with E-state index in [0.717, 1.165) is 5.56 Å². The van der Waals surface area contributed by atoms with Gasteiger partial charge in [0.05, 0.1) is 18.9 Å². The van der Waals surface area contributed by atoms with Gasteiger partial charge < -0.3 is 4.74 Å². The number of rotatable bonds is 3. The van der Waals surface area contributed by atoms with Crippen LogP contribution in [0.2, 0.25) is 0 Å². The lowest BCUT2D eigenvalue weighted by Crippen LogP contribution is -2.42. The number of nitriles is 1. The number of hydrogen-bond acceptors (Lipinski definition) is 3. The molecule has 1 amide bonds. The van der Waals surface area contributed by atoms with E-state index < -0.39 is 5.54 Å². The molecule has 0 radical (unpaired) electrons. The van der Waals surface area contributed by atoms with Crippen LogP contribution in [0.5, 0.6) is 5.75 Å². The molecule has 4 heteroatoms. The molecule has 0 N–H and O–H groups in total. The van der Waals surface area contributed by atoms with Crippen molar-refractivity contribution in [1.82, 2.24) is 0 Å². The van der Waals surface area contributed by atoms with Crippen LogP contribution in [-0.4, -0.2) is 13.0 Å². The SMILES string of the molecule is COc1ccccc1N1C(=O)CC[C@@]1(C#N)c1ccccc1. The van der Waals surface area contributed by atoms with E-state index in [1.165, 1.54) is 0 Å². The number of ether oxygens (including phenoxy) is 1. The fourth-order valence-corrected chi connectivity index (χ4v) is 3.04. The molecule has 1 aliphatic rings. The summed E-state index contributed by atoms with van der Waals surface area (Å²) >= 11 is 0. The minimum absolute atomic E-state index is 0.0603. The Morgan fingerprint density at radius 1 is 1.14 bits per heavy atom. The van der Waals surface area contributed by atoms with Crippen LogP contribution in [0.4, 0.5) is 5.69 Å². The monoisotopic (exact) mass is 292 g/mol. The normalized spacial score (nSPS) is 20.7. The van der Waals surface area contributed by atoms with Crippen LogP contribution in [0.1, 0.15) is 18.4 Å². The number of para-hydroxylation sites is 2. The highest BCUT2D eigenvalue weighted by Crippen LogP contribution is 2.45. The standard InChI is InChI=1S/C18H16N2O2/c1-22-16-10-6-5-9-15(16)20-17(21)11-12-18(20,13-19)14-7-3-2-4-8-14/h2-10H,11-12H2,1H3/t18-/m1/s1. The average molecular weight is 292 g/mol. The molecule has 2 aromatic rings. The summed E-state index contributed by atoms with van der Waals surface area (Å²) in [6.45, 7) is 0. The smallest absolute Gasteiger partial charge is 0.228 e. The van der Waals surface area contributed by atoms with Crippen LogP contribution >= 0.6 is 0 Å². The maximum Gasteiger partial charge on any atom is 0.228 e. The molecule has 2 aromatic carbocycles. The number of carbonyl (C=O) groups excluding carboxylic acids is 1. The van der Waals surface area contributed by atoms with E-state index >= 15 is 0 Å². The van der Waals surface area contributed by atoms with E-state index in [9.17, 15) is 10.1 Å². The summed E-state index contributed by atoms with van der Waals surface area (Å²) in [5.41, 5.74) is 0.486. The van der Waals surface area contributed by atoms with Crippen molar-refractivity contribution in [3.63, 3.8) is 0 Å². The quantitative estimate of drug-likeness (QED) is 0.872. The second kappa shape index (κ2) is 5.53. The van der Waals surface area contributed by atoms with Gasteiger partial charge in [-0.1, -0.05) is 42.5 Å². The van der Waals surface area contributed by atoms with Gasteiger partial charge in [-0.2, -0.15) is 5.26 Å². The molecular weight excluding hydrogens is 276 g/mol. The van der Waals surface area contributed by atoms with E-state index in [0.29, 0.717) is 24.3 Å². The van der Waals surface area contributed by atoms with Gasteiger partial charge in [-0.15, -0.1) is 0 Å². The summed E-state index contributed by atoms with van der Waals surface area (Å²) in [6.07, 6.45) is 0.824. The van der Waals surface area contributed by atoms with Gasteiger partial charge in [0.15, 0.2) is 5.54 Å². The fraction of sp³-hybridized carbons (Fsp3) is 0.222. The first-order chi connectivity index (χ1) is 10.7. The lowest BCUT2D eigenvalue weighted by atomic mass is 9.88. The molecule has 0 spiro atoms. The Balaban J connectivity index is 2.19. The Morgan fingerprint density at radius 2 is 1.82 bits per heavy atom. The Morgan fingerprint density at radius 3 is 2.50 bits per heavy atom. The average Bonchev–Trinajstić information content (AvgIpc) is 2.93. The van der Waals surface area contributed by atoms with E-state index in [1.807, 2.05) is 48.5 Å². The lowest BCUT2D eigenvalue weighted by Gasteiger charge is -2.33. The van der Waals surface area contributed by atoms with Gasteiger partial charge >= 0.3 is 0 Å². The predicted molar refractivity (Wildman–Crippen MR) is 83.4 cm³/mol. The predicted octanol–water partition coefficient (Wildman–Crippen LogP) is 3.24. The number of benzene rings is 2. The topological polar surface area (TPSA) is 53.3 Å². The van der Waals surface area contributed by atoms with Crippen molar-refractivity contribution in [1.29, 1.82) is 5.26 Å². The zero-order valence-corrected chi connectivity index (χ0v) is 12.3. The minimum Gasteiger partial charge on any atom is -0.495 e. The molecule has 4 nitrogen and oxygen atoms in total. The van der Waals surface area contributed by atoms with Crippen molar-refractivity contribution in [2.24, 2.45) is 0 Å². The molecule has 0 bridgehead atoms. The molecule has 0 saturated carbocycles. The third-order valence-corrected chi connectivity index (χ3v) is 4.09. The molecule has 1 fully saturated rings. The lowest BCUT2D eigenvalue weighted by molar-refractivity contribution is -0.117. The molecule has 0 aromatic heterocycles. The van der Waals surface area contributed by atoms with E-state index in [4.69, 9.17) is 4.74 Å². The second-order valence-electron chi connectivity index (χ2n) is 5.24. The molecular formula is C18H16N2O2. The molecule has 22 heavy (non-hydrogen) atoms. The van der Waals surface area contributed by atoms with Crippen molar-refractivity contribution in [3.05, 3.63) is 60.2 Å². The van der Waals surface area contributed by atoms with E-state index in [-0.39, 0.29) is 5.91 Å². The number of nitrogens with zero attached hydrogens (tertiary/aromatic N) is 2. The first-order valence-electron chi connectivity index (χ1n) is 7.16. The van der Waals surface area contributed by atoms with Crippen LogP contribution in [0.15, 0.2) is 54.6 Å². The first kappa shape index (κ1) is 14.2. The summed E-state index contributed by atoms with van der Waals surface area (Å²) in [5.74, 6) is 0.531. The number of anilines is 1. The van der Waals surface area contributed by atoms with Gasteiger partial charge in [-0.3, -0.25) is 9.69 Å². The van der Waals surface area contributed by atoms with Gasteiger partial charge in [0.2, 0.25) is 5.91 Å². The first-order valence-corrected chi connectivity index (χ1v) is 7.16. The summed E-state index contributed by atoms with van der Waals surface area (Å²) in [7, 11) is 1.57. The van der Waals surface area contributed by atoms with E-state index in [2.05, 4.69) is 6.07 Å². The van der Waals surface area contributed by atoms with Crippen molar-refractivity contribution in [3.8, 4) is 11.8 Å². The summed E-state index contributed by atoms with van der Waals surface area (Å²) < 4.78 is 5.38. The van der Waals surface area contributed by atoms with Gasteiger partial charge in [-0.05, 0) is 24.1 Å². The third kappa shape index (κ3) is 2.03. The molecule has 1 aliphatic heterocycles. The van der Waals surface area contributed by atoms with Crippen LogP contribution < -0.4 is 9.64 Å². The zero-order valence-electron chi connectivity index (χ0n) is 12.3. The molecule has 1 heterocycles. The number of amides is 1. The molecule has 0 aliphatic carbocycles. The molecule has 0 unspecified atom stereocenters. The minimum atomic E-state index is -0.979. The number of hydrogen-bond donors (Lipinski definition) is 0. The number of carbonyl (C=O) groups is 1. The summed E-state index contributed by atoms with van der Waals surface area (Å²) in [6, 6.07) is 19.1. The van der Waals surface area contributed by atoms with E-state index in [1.54, 1.807) is 18.1 Å². The second-order valence-corrected chi connectivity index (χ2v) is 5.24. The van der Waals surface area contributed by atoms with Crippen LogP contribution in [0.25, 0.3) is 0 Å².